The maximum Gasteiger partial charge on any atom is 0.197 e. The first-order valence-electron chi connectivity index (χ1n) is 8.59. The van der Waals surface area contributed by atoms with Crippen LogP contribution in [0.4, 0.5) is 0 Å². The van der Waals surface area contributed by atoms with Gasteiger partial charge in [0.25, 0.3) is 0 Å². The van der Waals surface area contributed by atoms with E-state index in [4.69, 9.17) is 0 Å². The molecule has 0 aliphatic carbocycles. The molecule has 0 saturated carbocycles. The molecule has 1 aromatic heterocycles. The van der Waals surface area contributed by atoms with Crippen LogP contribution in [-0.4, -0.2) is 4.57 Å². The maximum atomic E-state index is 13.3. The molecule has 0 spiro atoms. The third-order valence-electron chi connectivity index (χ3n) is 5.16. The standard InChI is InChI=1S/C23H13NOS/c25-23-16-8-5-11-20-22(16)24(18-9-3-4-10-19(18)26-20)21-15-7-2-1-6-14(15)12-13-17(21)23/h1-13H. The average Bonchev–Trinajstić information content (AvgIpc) is 2.70. The zero-order valence-corrected chi connectivity index (χ0v) is 14.6. The summed E-state index contributed by atoms with van der Waals surface area (Å²) in [5.41, 5.74) is 3.27. The highest BCUT2D eigenvalue weighted by molar-refractivity contribution is 7.99. The van der Waals surface area contributed by atoms with Gasteiger partial charge in [-0.05, 0) is 35.7 Å². The highest BCUT2D eigenvalue weighted by atomic mass is 32.2. The van der Waals surface area contributed by atoms with Crippen molar-refractivity contribution in [3.05, 3.63) is 89.1 Å². The highest BCUT2D eigenvalue weighted by Crippen LogP contribution is 2.44. The molecule has 4 aromatic carbocycles. The van der Waals surface area contributed by atoms with Crippen molar-refractivity contribution in [3.63, 3.8) is 0 Å². The van der Waals surface area contributed by atoms with Crippen LogP contribution < -0.4 is 5.43 Å². The van der Waals surface area contributed by atoms with Gasteiger partial charge < -0.3 is 4.57 Å². The summed E-state index contributed by atoms with van der Waals surface area (Å²) >= 11 is 1.74. The van der Waals surface area contributed by atoms with Crippen LogP contribution in [0, 0.1) is 0 Å². The molecule has 6 rings (SSSR count). The first kappa shape index (κ1) is 14.2. The van der Waals surface area contributed by atoms with Gasteiger partial charge in [-0.25, -0.2) is 0 Å². The Labute approximate surface area is 153 Å². The molecule has 0 fully saturated rings. The Morgan fingerprint density at radius 2 is 1.35 bits per heavy atom. The SMILES string of the molecule is O=c1c2cccc3c2n(c2c1ccc1ccccc12)-c1ccccc1S3. The molecule has 0 bridgehead atoms. The van der Waals surface area contributed by atoms with Crippen LogP contribution in [0.1, 0.15) is 0 Å². The van der Waals surface area contributed by atoms with Gasteiger partial charge in [0.05, 0.1) is 16.7 Å². The van der Waals surface area contributed by atoms with Crippen molar-refractivity contribution < 1.29 is 0 Å². The summed E-state index contributed by atoms with van der Waals surface area (Å²) in [6.07, 6.45) is 0. The van der Waals surface area contributed by atoms with Crippen LogP contribution in [0.3, 0.4) is 0 Å². The predicted octanol–water partition coefficient (Wildman–Crippen LogP) is 5.76. The molecule has 5 aromatic rings. The molecular formula is C23H13NOS. The number of nitrogens with zero attached hydrogens (tertiary/aromatic N) is 1. The minimum Gasteiger partial charge on any atom is -0.306 e. The van der Waals surface area contributed by atoms with E-state index in [0.717, 1.165) is 43.2 Å². The van der Waals surface area contributed by atoms with Crippen molar-refractivity contribution in [2.75, 3.05) is 0 Å². The maximum absolute atomic E-state index is 13.3. The van der Waals surface area contributed by atoms with Gasteiger partial charge in [-0.3, -0.25) is 4.79 Å². The fourth-order valence-corrected chi connectivity index (χ4v) is 5.13. The summed E-state index contributed by atoms with van der Waals surface area (Å²) in [7, 11) is 0. The fraction of sp³-hybridized carbons (Fsp3) is 0. The molecule has 0 radical (unpaired) electrons. The molecule has 2 heterocycles. The summed E-state index contributed by atoms with van der Waals surface area (Å²) in [4.78, 5) is 15.6. The van der Waals surface area contributed by atoms with Crippen molar-refractivity contribution in [3.8, 4) is 5.69 Å². The van der Waals surface area contributed by atoms with Crippen molar-refractivity contribution in [1.82, 2.24) is 4.57 Å². The van der Waals surface area contributed by atoms with E-state index >= 15 is 0 Å². The monoisotopic (exact) mass is 351 g/mol. The lowest BCUT2D eigenvalue weighted by molar-refractivity contribution is 1.08. The molecule has 0 N–H and O–H groups in total. The Bertz CT molecular complexity index is 1430. The first-order chi connectivity index (χ1) is 12.8. The highest BCUT2D eigenvalue weighted by Gasteiger charge is 2.22. The number of fused-ring (bicyclic) bond motifs is 6. The Kier molecular flexibility index (Phi) is 2.72. The van der Waals surface area contributed by atoms with Crippen LogP contribution in [0.15, 0.2) is 93.4 Å². The molecule has 0 amide bonds. The fourth-order valence-electron chi connectivity index (χ4n) is 4.04. The molecule has 0 saturated heterocycles. The number of pyridine rings is 1. The van der Waals surface area contributed by atoms with Crippen LogP contribution in [0.5, 0.6) is 0 Å². The Balaban J connectivity index is 2.02. The van der Waals surface area contributed by atoms with Crippen LogP contribution in [0.25, 0.3) is 38.3 Å². The van der Waals surface area contributed by atoms with E-state index < -0.39 is 0 Å². The third kappa shape index (κ3) is 1.71. The van der Waals surface area contributed by atoms with Gasteiger partial charge in [0.1, 0.15) is 0 Å². The van der Waals surface area contributed by atoms with Crippen molar-refractivity contribution in [1.29, 1.82) is 0 Å². The molecule has 0 atom stereocenters. The minimum atomic E-state index is 0.110. The van der Waals surface area contributed by atoms with E-state index in [1.165, 1.54) is 4.90 Å². The van der Waals surface area contributed by atoms with E-state index in [1.807, 2.05) is 36.4 Å². The number of aromatic nitrogens is 1. The molecule has 1 aliphatic heterocycles. The molecule has 3 heteroatoms. The lowest BCUT2D eigenvalue weighted by Crippen LogP contribution is -2.14. The van der Waals surface area contributed by atoms with Crippen molar-refractivity contribution >= 4 is 44.3 Å². The smallest absolute Gasteiger partial charge is 0.197 e. The number of hydrogen-bond acceptors (Lipinski definition) is 2. The van der Waals surface area contributed by atoms with E-state index in [0.29, 0.717) is 0 Å². The van der Waals surface area contributed by atoms with Crippen LogP contribution >= 0.6 is 11.8 Å². The summed E-state index contributed by atoms with van der Waals surface area (Å²) in [6, 6.07) is 26.8. The summed E-state index contributed by atoms with van der Waals surface area (Å²) in [5, 5.41) is 3.82. The normalized spacial score (nSPS) is 12.6. The lowest BCUT2D eigenvalue weighted by Gasteiger charge is -2.25. The predicted molar refractivity (Wildman–Crippen MR) is 109 cm³/mol. The van der Waals surface area contributed by atoms with Gasteiger partial charge in [-0.15, -0.1) is 0 Å². The van der Waals surface area contributed by atoms with E-state index in [9.17, 15) is 4.79 Å². The summed E-state index contributed by atoms with van der Waals surface area (Å²) in [5.74, 6) is 0. The largest absolute Gasteiger partial charge is 0.306 e. The first-order valence-corrected chi connectivity index (χ1v) is 9.41. The number of rotatable bonds is 0. The van der Waals surface area contributed by atoms with E-state index in [2.05, 4.69) is 47.0 Å². The van der Waals surface area contributed by atoms with Gasteiger partial charge in [0.15, 0.2) is 5.43 Å². The third-order valence-corrected chi connectivity index (χ3v) is 6.28. The molecule has 0 unspecified atom stereocenters. The molecule has 122 valence electrons. The number of hydrogen-bond donors (Lipinski definition) is 0. The summed E-state index contributed by atoms with van der Waals surface area (Å²) < 4.78 is 2.29. The zero-order valence-electron chi connectivity index (χ0n) is 13.8. The summed E-state index contributed by atoms with van der Waals surface area (Å²) in [6.45, 7) is 0. The molecular weight excluding hydrogens is 338 g/mol. The Hall–Kier alpha value is -3.04. The number of para-hydroxylation sites is 2. The second-order valence-electron chi connectivity index (χ2n) is 6.57. The lowest BCUT2D eigenvalue weighted by atomic mass is 10.0. The average molecular weight is 351 g/mol. The zero-order chi connectivity index (χ0) is 17.3. The van der Waals surface area contributed by atoms with Gasteiger partial charge in [0.2, 0.25) is 0 Å². The molecule has 26 heavy (non-hydrogen) atoms. The Morgan fingerprint density at radius 1 is 0.615 bits per heavy atom. The van der Waals surface area contributed by atoms with Gasteiger partial charge in [0, 0.05) is 25.9 Å². The molecule has 2 nitrogen and oxygen atoms in total. The van der Waals surface area contributed by atoms with Gasteiger partial charge in [-0.1, -0.05) is 60.3 Å². The second kappa shape index (κ2) is 4.99. The van der Waals surface area contributed by atoms with Gasteiger partial charge in [-0.2, -0.15) is 0 Å². The van der Waals surface area contributed by atoms with E-state index in [1.54, 1.807) is 11.8 Å². The van der Waals surface area contributed by atoms with Crippen LogP contribution in [0.2, 0.25) is 0 Å². The topological polar surface area (TPSA) is 22.0 Å². The number of benzene rings is 4. The second-order valence-corrected chi connectivity index (χ2v) is 7.65. The Morgan fingerprint density at radius 3 is 2.31 bits per heavy atom. The quantitative estimate of drug-likeness (QED) is 0.256. The van der Waals surface area contributed by atoms with Crippen molar-refractivity contribution in [2.24, 2.45) is 0 Å². The molecule has 1 aliphatic rings. The minimum absolute atomic E-state index is 0.110. The van der Waals surface area contributed by atoms with Crippen LogP contribution in [-0.2, 0) is 0 Å². The van der Waals surface area contributed by atoms with Gasteiger partial charge >= 0.3 is 0 Å². The van der Waals surface area contributed by atoms with E-state index in [-0.39, 0.29) is 5.43 Å². The van der Waals surface area contributed by atoms with Crippen molar-refractivity contribution in [2.45, 2.75) is 9.79 Å².